The number of nitrogens with one attached hydrogen (secondary N) is 1. The summed E-state index contributed by atoms with van der Waals surface area (Å²) in [5.41, 5.74) is 0.894. The number of anilines is 1. The van der Waals surface area contributed by atoms with Crippen LogP contribution in [-0.2, 0) is 4.74 Å². The van der Waals surface area contributed by atoms with Crippen molar-refractivity contribution in [3.63, 3.8) is 0 Å². The van der Waals surface area contributed by atoms with E-state index in [1.807, 2.05) is 6.07 Å². The second-order valence-corrected chi connectivity index (χ2v) is 3.61. The highest BCUT2D eigenvalue weighted by Crippen LogP contribution is 2.20. The Kier molecular flexibility index (Phi) is 3.31. The number of hydrogen-bond donors (Lipinski definition) is 1. The number of ether oxygens (including phenoxy) is 1. The predicted octanol–water partition coefficient (Wildman–Crippen LogP) is 1.86. The maximum absolute atomic E-state index is 4.96. The summed E-state index contributed by atoms with van der Waals surface area (Å²) < 4.78 is 14.1. The monoisotopic (exact) mass is 225 g/mol. The molecular weight excluding hydrogens is 214 g/mol. The van der Waals surface area contributed by atoms with Crippen LogP contribution in [0.15, 0.2) is 23.0 Å². The van der Waals surface area contributed by atoms with Gasteiger partial charge >= 0.3 is 0 Å². The van der Waals surface area contributed by atoms with Crippen LogP contribution >= 0.6 is 11.5 Å². The SMILES string of the molecule is COCCNc1nc(-c2ccoc2)ns1. The second kappa shape index (κ2) is 4.90. The molecule has 2 rings (SSSR count). The van der Waals surface area contributed by atoms with Gasteiger partial charge in [-0.15, -0.1) is 0 Å². The molecule has 2 aromatic heterocycles. The standard InChI is InChI=1S/C9H11N3O2S/c1-13-5-3-10-9-11-8(12-15-9)7-2-4-14-6-7/h2,4,6H,3,5H2,1H3,(H,10,11,12). The molecule has 0 unspecified atom stereocenters. The van der Waals surface area contributed by atoms with Crippen LogP contribution in [0.4, 0.5) is 5.13 Å². The topological polar surface area (TPSA) is 60.2 Å². The number of hydrogen-bond acceptors (Lipinski definition) is 6. The molecule has 0 saturated heterocycles. The van der Waals surface area contributed by atoms with E-state index in [1.54, 1.807) is 19.6 Å². The van der Waals surface area contributed by atoms with Gasteiger partial charge in [0.2, 0.25) is 5.13 Å². The Balaban J connectivity index is 1.98. The van der Waals surface area contributed by atoms with Gasteiger partial charge in [-0.25, -0.2) is 0 Å². The van der Waals surface area contributed by atoms with Crippen molar-refractivity contribution in [3.8, 4) is 11.4 Å². The normalized spacial score (nSPS) is 10.5. The van der Waals surface area contributed by atoms with Crippen LogP contribution in [0.2, 0.25) is 0 Å². The average Bonchev–Trinajstić information content (AvgIpc) is 2.87. The summed E-state index contributed by atoms with van der Waals surface area (Å²) in [6, 6.07) is 1.83. The van der Waals surface area contributed by atoms with Gasteiger partial charge in [0.1, 0.15) is 6.26 Å². The van der Waals surface area contributed by atoms with Gasteiger partial charge in [0, 0.05) is 25.2 Å². The summed E-state index contributed by atoms with van der Waals surface area (Å²) in [4.78, 5) is 4.31. The van der Waals surface area contributed by atoms with E-state index in [0.717, 1.165) is 17.2 Å². The molecular formula is C9H11N3O2S. The third kappa shape index (κ3) is 2.54. The molecule has 0 aliphatic carbocycles. The third-order valence-corrected chi connectivity index (χ3v) is 2.46. The molecule has 0 amide bonds. The first kappa shape index (κ1) is 10.1. The maximum atomic E-state index is 4.96. The van der Waals surface area contributed by atoms with Crippen LogP contribution in [0.5, 0.6) is 0 Å². The highest BCUT2D eigenvalue weighted by Gasteiger charge is 2.06. The molecule has 5 nitrogen and oxygen atoms in total. The van der Waals surface area contributed by atoms with E-state index in [2.05, 4.69) is 14.7 Å². The molecule has 0 bridgehead atoms. The Hall–Kier alpha value is -1.40. The van der Waals surface area contributed by atoms with Crippen LogP contribution < -0.4 is 5.32 Å². The van der Waals surface area contributed by atoms with Gasteiger partial charge in [0.05, 0.1) is 18.4 Å². The Morgan fingerprint density at radius 3 is 3.27 bits per heavy atom. The number of furan rings is 1. The first-order valence-electron chi connectivity index (χ1n) is 4.49. The van der Waals surface area contributed by atoms with E-state index in [0.29, 0.717) is 12.4 Å². The zero-order valence-corrected chi connectivity index (χ0v) is 9.08. The molecule has 0 aliphatic heterocycles. The van der Waals surface area contributed by atoms with Gasteiger partial charge in [-0.05, 0) is 6.07 Å². The van der Waals surface area contributed by atoms with E-state index in [9.17, 15) is 0 Å². The van der Waals surface area contributed by atoms with Crippen molar-refractivity contribution in [2.24, 2.45) is 0 Å². The van der Waals surface area contributed by atoms with E-state index < -0.39 is 0 Å². The minimum absolute atomic E-state index is 0.653. The summed E-state index contributed by atoms with van der Waals surface area (Å²) in [7, 11) is 1.67. The lowest BCUT2D eigenvalue weighted by molar-refractivity contribution is 0.211. The van der Waals surface area contributed by atoms with Crippen molar-refractivity contribution >= 4 is 16.7 Å². The van der Waals surface area contributed by atoms with Crippen molar-refractivity contribution < 1.29 is 9.15 Å². The quantitative estimate of drug-likeness (QED) is 0.787. The largest absolute Gasteiger partial charge is 0.472 e. The highest BCUT2D eigenvalue weighted by atomic mass is 32.1. The third-order valence-electron chi connectivity index (χ3n) is 1.79. The molecule has 0 saturated carbocycles. The molecule has 2 aromatic rings. The fraction of sp³-hybridized carbons (Fsp3) is 0.333. The summed E-state index contributed by atoms with van der Waals surface area (Å²) in [6.07, 6.45) is 3.23. The molecule has 2 heterocycles. The van der Waals surface area contributed by atoms with Crippen LogP contribution in [0.3, 0.4) is 0 Å². The molecule has 0 fully saturated rings. The van der Waals surface area contributed by atoms with Crippen molar-refractivity contribution in [1.82, 2.24) is 9.36 Å². The Morgan fingerprint density at radius 1 is 1.60 bits per heavy atom. The first-order valence-corrected chi connectivity index (χ1v) is 5.26. The molecule has 15 heavy (non-hydrogen) atoms. The molecule has 80 valence electrons. The maximum Gasteiger partial charge on any atom is 0.202 e. The lowest BCUT2D eigenvalue weighted by Crippen LogP contribution is -2.06. The van der Waals surface area contributed by atoms with E-state index in [1.165, 1.54) is 11.5 Å². The predicted molar refractivity (Wildman–Crippen MR) is 58.0 cm³/mol. The molecule has 0 aromatic carbocycles. The number of aromatic nitrogens is 2. The zero-order valence-electron chi connectivity index (χ0n) is 8.27. The molecule has 0 aliphatic rings. The van der Waals surface area contributed by atoms with Gasteiger partial charge in [-0.1, -0.05) is 0 Å². The fourth-order valence-electron chi connectivity index (χ4n) is 1.06. The van der Waals surface area contributed by atoms with Gasteiger partial charge in [0.15, 0.2) is 5.82 Å². The van der Waals surface area contributed by atoms with E-state index in [-0.39, 0.29) is 0 Å². The fourth-order valence-corrected chi connectivity index (χ4v) is 1.68. The molecule has 0 spiro atoms. The zero-order chi connectivity index (χ0) is 10.5. The molecule has 1 N–H and O–H groups in total. The smallest absolute Gasteiger partial charge is 0.202 e. The van der Waals surface area contributed by atoms with E-state index in [4.69, 9.17) is 9.15 Å². The van der Waals surface area contributed by atoms with Crippen LogP contribution in [0, 0.1) is 0 Å². The van der Waals surface area contributed by atoms with Gasteiger partial charge in [0.25, 0.3) is 0 Å². The molecule has 0 atom stereocenters. The number of rotatable bonds is 5. The highest BCUT2D eigenvalue weighted by molar-refractivity contribution is 7.09. The van der Waals surface area contributed by atoms with Crippen molar-refractivity contribution in [1.29, 1.82) is 0 Å². The average molecular weight is 225 g/mol. The Morgan fingerprint density at radius 2 is 2.53 bits per heavy atom. The van der Waals surface area contributed by atoms with E-state index >= 15 is 0 Å². The summed E-state index contributed by atoms with van der Waals surface area (Å²) >= 11 is 1.33. The van der Waals surface area contributed by atoms with Crippen LogP contribution in [-0.4, -0.2) is 29.6 Å². The van der Waals surface area contributed by atoms with Crippen molar-refractivity contribution in [2.75, 3.05) is 25.6 Å². The summed E-state index contributed by atoms with van der Waals surface area (Å²) in [6.45, 7) is 1.39. The minimum Gasteiger partial charge on any atom is -0.472 e. The lowest BCUT2D eigenvalue weighted by Gasteiger charge is -1.98. The van der Waals surface area contributed by atoms with Crippen LogP contribution in [0.1, 0.15) is 0 Å². The number of nitrogens with zero attached hydrogens (tertiary/aromatic N) is 2. The van der Waals surface area contributed by atoms with Crippen LogP contribution in [0.25, 0.3) is 11.4 Å². The summed E-state index contributed by atoms with van der Waals surface area (Å²) in [5, 5.41) is 3.91. The summed E-state index contributed by atoms with van der Waals surface area (Å²) in [5.74, 6) is 0.689. The van der Waals surface area contributed by atoms with Gasteiger partial charge in [-0.2, -0.15) is 9.36 Å². The van der Waals surface area contributed by atoms with Crippen molar-refractivity contribution in [3.05, 3.63) is 18.6 Å². The second-order valence-electron chi connectivity index (χ2n) is 2.85. The lowest BCUT2D eigenvalue weighted by atomic mass is 10.3. The minimum atomic E-state index is 0.653. The van der Waals surface area contributed by atoms with Crippen molar-refractivity contribution in [2.45, 2.75) is 0 Å². The number of methoxy groups -OCH3 is 1. The Labute approximate surface area is 91.3 Å². The molecule has 6 heteroatoms. The van der Waals surface area contributed by atoms with Gasteiger partial charge in [-0.3, -0.25) is 0 Å². The first-order chi connectivity index (χ1) is 7.40. The molecule has 0 radical (unpaired) electrons. The Bertz CT molecular complexity index is 399. The van der Waals surface area contributed by atoms with Gasteiger partial charge < -0.3 is 14.5 Å².